The van der Waals surface area contributed by atoms with Gasteiger partial charge in [-0.1, -0.05) is 6.07 Å². The summed E-state index contributed by atoms with van der Waals surface area (Å²) in [5.74, 6) is 0.0469. The molecule has 1 amide bonds. The molecule has 0 bridgehead atoms. The molecule has 0 spiro atoms. The van der Waals surface area contributed by atoms with E-state index in [-0.39, 0.29) is 11.9 Å². The third kappa shape index (κ3) is 2.42. The van der Waals surface area contributed by atoms with Gasteiger partial charge in [-0.25, -0.2) is 0 Å². The van der Waals surface area contributed by atoms with E-state index in [1.807, 2.05) is 30.9 Å². The van der Waals surface area contributed by atoms with Crippen molar-refractivity contribution >= 4 is 11.6 Å². The van der Waals surface area contributed by atoms with Crippen LogP contribution in [0.3, 0.4) is 0 Å². The van der Waals surface area contributed by atoms with Crippen LogP contribution in [0.15, 0.2) is 18.2 Å². The molecule has 0 aliphatic carbocycles. The molecule has 1 unspecified atom stereocenters. The zero-order valence-corrected chi connectivity index (χ0v) is 10.3. The van der Waals surface area contributed by atoms with E-state index >= 15 is 0 Å². The predicted octanol–water partition coefficient (Wildman–Crippen LogP) is 1.44. The van der Waals surface area contributed by atoms with Gasteiger partial charge < -0.3 is 15.4 Å². The standard InChI is InChI=1S/C13H18N2O2/c1-9-3-4-11(14)7-12(9)13(16)15-5-6-17-8-10(15)2/h3-4,7,10H,5-6,8,14H2,1-2H3. The van der Waals surface area contributed by atoms with Gasteiger partial charge in [0, 0.05) is 17.8 Å². The second-order valence-corrected chi connectivity index (χ2v) is 4.50. The van der Waals surface area contributed by atoms with Crippen LogP contribution >= 0.6 is 0 Å². The summed E-state index contributed by atoms with van der Waals surface area (Å²) in [4.78, 5) is 14.3. The van der Waals surface area contributed by atoms with Crippen molar-refractivity contribution in [2.75, 3.05) is 25.5 Å². The second-order valence-electron chi connectivity index (χ2n) is 4.50. The Labute approximate surface area is 101 Å². The van der Waals surface area contributed by atoms with Gasteiger partial charge in [-0.05, 0) is 31.5 Å². The molecule has 0 radical (unpaired) electrons. The predicted molar refractivity (Wildman–Crippen MR) is 66.9 cm³/mol. The van der Waals surface area contributed by atoms with Crippen LogP contribution in [-0.4, -0.2) is 36.6 Å². The van der Waals surface area contributed by atoms with Gasteiger partial charge in [-0.2, -0.15) is 0 Å². The fraction of sp³-hybridized carbons (Fsp3) is 0.462. The van der Waals surface area contributed by atoms with Crippen molar-refractivity contribution in [2.24, 2.45) is 0 Å². The summed E-state index contributed by atoms with van der Waals surface area (Å²) in [7, 11) is 0. The van der Waals surface area contributed by atoms with Crippen molar-refractivity contribution in [3.8, 4) is 0 Å². The SMILES string of the molecule is Cc1ccc(N)cc1C(=O)N1CCOCC1C. The van der Waals surface area contributed by atoms with Crippen LogP contribution in [-0.2, 0) is 4.74 Å². The molecule has 4 heteroatoms. The highest BCUT2D eigenvalue weighted by Crippen LogP contribution is 2.17. The van der Waals surface area contributed by atoms with E-state index in [1.54, 1.807) is 6.07 Å². The summed E-state index contributed by atoms with van der Waals surface area (Å²) in [6.07, 6.45) is 0. The number of morpholine rings is 1. The van der Waals surface area contributed by atoms with Gasteiger partial charge in [0.2, 0.25) is 0 Å². The molecule has 17 heavy (non-hydrogen) atoms. The highest BCUT2D eigenvalue weighted by Gasteiger charge is 2.25. The molecule has 1 atom stereocenters. The van der Waals surface area contributed by atoms with Crippen molar-refractivity contribution in [3.05, 3.63) is 29.3 Å². The Balaban J connectivity index is 2.26. The largest absolute Gasteiger partial charge is 0.399 e. The molecule has 1 saturated heterocycles. The maximum absolute atomic E-state index is 12.4. The number of hydrogen-bond donors (Lipinski definition) is 1. The minimum absolute atomic E-state index is 0.0469. The number of carbonyl (C=O) groups excluding carboxylic acids is 1. The number of amides is 1. The number of ether oxygens (including phenoxy) is 1. The van der Waals surface area contributed by atoms with Crippen LogP contribution in [0.5, 0.6) is 0 Å². The summed E-state index contributed by atoms with van der Waals surface area (Å²) in [5.41, 5.74) is 8.01. The number of nitrogen functional groups attached to an aromatic ring is 1. The molecule has 92 valence electrons. The first-order valence-corrected chi connectivity index (χ1v) is 5.84. The molecule has 1 aliphatic heterocycles. The number of nitrogens with two attached hydrogens (primary N) is 1. The molecule has 4 nitrogen and oxygen atoms in total. The van der Waals surface area contributed by atoms with Crippen LogP contribution in [0.25, 0.3) is 0 Å². The highest BCUT2D eigenvalue weighted by molar-refractivity contribution is 5.96. The number of nitrogens with zero attached hydrogens (tertiary/aromatic N) is 1. The Bertz CT molecular complexity index is 431. The lowest BCUT2D eigenvalue weighted by Crippen LogP contribution is -2.47. The molecule has 1 heterocycles. The molecular formula is C13H18N2O2. The Morgan fingerprint density at radius 3 is 3.00 bits per heavy atom. The van der Waals surface area contributed by atoms with Crippen molar-refractivity contribution in [1.29, 1.82) is 0 Å². The van der Waals surface area contributed by atoms with E-state index in [4.69, 9.17) is 10.5 Å². The Morgan fingerprint density at radius 1 is 1.53 bits per heavy atom. The van der Waals surface area contributed by atoms with Crippen molar-refractivity contribution < 1.29 is 9.53 Å². The van der Waals surface area contributed by atoms with Crippen LogP contribution in [0, 0.1) is 6.92 Å². The van der Waals surface area contributed by atoms with Crippen molar-refractivity contribution in [3.63, 3.8) is 0 Å². The van der Waals surface area contributed by atoms with E-state index in [0.717, 1.165) is 5.56 Å². The van der Waals surface area contributed by atoms with E-state index < -0.39 is 0 Å². The van der Waals surface area contributed by atoms with Gasteiger partial charge in [-0.3, -0.25) is 4.79 Å². The number of rotatable bonds is 1. The zero-order valence-electron chi connectivity index (χ0n) is 10.3. The molecule has 1 aromatic carbocycles. The van der Waals surface area contributed by atoms with Crippen molar-refractivity contribution in [2.45, 2.75) is 19.9 Å². The first-order valence-electron chi connectivity index (χ1n) is 5.84. The van der Waals surface area contributed by atoms with Gasteiger partial charge in [0.15, 0.2) is 0 Å². The zero-order chi connectivity index (χ0) is 12.4. The third-order valence-electron chi connectivity index (χ3n) is 3.12. The Hall–Kier alpha value is -1.55. The Morgan fingerprint density at radius 2 is 2.29 bits per heavy atom. The molecule has 2 N–H and O–H groups in total. The number of carbonyl (C=O) groups is 1. The molecule has 1 fully saturated rings. The van der Waals surface area contributed by atoms with E-state index in [2.05, 4.69) is 0 Å². The number of anilines is 1. The quantitative estimate of drug-likeness (QED) is 0.748. The van der Waals surface area contributed by atoms with Gasteiger partial charge >= 0.3 is 0 Å². The monoisotopic (exact) mass is 234 g/mol. The highest BCUT2D eigenvalue weighted by atomic mass is 16.5. The van der Waals surface area contributed by atoms with Crippen LogP contribution in [0.2, 0.25) is 0 Å². The first kappa shape index (κ1) is 11.9. The lowest BCUT2D eigenvalue weighted by molar-refractivity contribution is 0.00356. The van der Waals surface area contributed by atoms with E-state index in [0.29, 0.717) is 31.0 Å². The first-order chi connectivity index (χ1) is 8.09. The average molecular weight is 234 g/mol. The topological polar surface area (TPSA) is 55.6 Å². The molecule has 0 saturated carbocycles. The number of hydrogen-bond acceptors (Lipinski definition) is 3. The number of benzene rings is 1. The molecular weight excluding hydrogens is 216 g/mol. The summed E-state index contributed by atoms with van der Waals surface area (Å²) in [6.45, 7) is 5.79. The van der Waals surface area contributed by atoms with E-state index in [9.17, 15) is 4.79 Å². The summed E-state index contributed by atoms with van der Waals surface area (Å²) in [5, 5.41) is 0. The van der Waals surface area contributed by atoms with Crippen LogP contribution in [0.4, 0.5) is 5.69 Å². The molecule has 0 aromatic heterocycles. The maximum Gasteiger partial charge on any atom is 0.254 e. The Kier molecular flexibility index (Phi) is 3.33. The lowest BCUT2D eigenvalue weighted by Gasteiger charge is -2.33. The van der Waals surface area contributed by atoms with Crippen molar-refractivity contribution in [1.82, 2.24) is 4.90 Å². The van der Waals surface area contributed by atoms with Gasteiger partial charge in [0.05, 0.1) is 19.3 Å². The average Bonchev–Trinajstić information content (AvgIpc) is 2.32. The smallest absolute Gasteiger partial charge is 0.254 e. The van der Waals surface area contributed by atoms with Gasteiger partial charge in [0.1, 0.15) is 0 Å². The molecule has 1 aliphatic rings. The van der Waals surface area contributed by atoms with E-state index in [1.165, 1.54) is 0 Å². The fourth-order valence-corrected chi connectivity index (χ4v) is 2.05. The van der Waals surface area contributed by atoms with Crippen LogP contribution in [0.1, 0.15) is 22.8 Å². The lowest BCUT2D eigenvalue weighted by atomic mass is 10.1. The fourth-order valence-electron chi connectivity index (χ4n) is 2.05. The summed E-state index contributed by atoms with van der Waals surface area (Å²) in [6, 6.07) is 5.57. The maximum atomic E-state index is 12.4. The molecule has 1 aromatic rings. The van der Waals surface area contributed by atoms with Gasteiger partial charge in [0.25, 0.3) is 5.91 Å². The minimum Gasteiger partial charge on any atom is -0.399 e. The van der Waals surface area contributed by atoms with Gasteiger partial charge in [-0.15, -0.1) is 0 Å². The normalized spacial score (nSPS) is 20.4. The number of aryl methyl sites for hydroxylation is 1. The third-order valence-corrected chi connectivity index (χ3v) is 3.12. The summed E-state index contributed by atoms with van der Waals surface area (Å²) < 4.78 is 5.33. The van der Waals surface area contributed by atoms with Crippen LogP contribution < -0.4 is 5.73 Å². The minimum atomic E-state index is 0.0469. The second kappa shape index (κ2) is 4.75. The molecule has 2 rings (SSSR count). The summed E-state index contributed by atoms with van der Waals surface area (Å²) >= 11 is 0.